The molecule has 0 aliphatic rings. The van der Waals surface area contributed by atoms with Crippen LogP contribution in [0.5, 0.6) is 0 Å². The molecule has 0 unspecified atom stereocenters. The summed E-state index contributed by atoms with van der Waals surface area (Å²) in [5, 5.41) is 8.17. The Kier molecular flexibility index (Phi) is 5.89. The first-order valence-electron chi connectivity index (χ1n) is 8.19. The molecule has 0 fully saturated rings. The molecule has 0 saturated heterocycles. The van der Waals surface area contributed by atoms with Gasteiger partial charge in [-0.05, 0) is 48.0 Å². The Morgan fingerprint density at radius 1 is 0.968 bits per heavy atom. The highest BCUT2D eigenvalue weighted by molar-refractivity contribution is 7.92. The zero-order valence-corrected chi connectivity index (χ0v) is 16.9. The van der Waals surface area contributed by atoms with Crippen LogP contribution in [0.25, 0.3) is 12.2 Å². The number of nitrogens with one attached hydrogen (secondary N) is 1. The molecule has 164 valence electrons. The average Bonchev–Trinajstić information content (AvgIpc) is 3.16. The number of hydrogen-bond acceptors (Lipinski definition) is 7. The molecule has 3 rings (SSSR count). The molecule has 1 heterocycles. The summed E-state index contributed by atoms with van der Waals surface area (Å²) < 4.78 is 91.5. The number of benzene rings is 2. The summed E-state index contributed by atoms with van der Waals surface area (Å²) >= 11 is 0. The lowest BCUT2D eigenvalue weighted by atomic mass is 10.2. The summed E-state index contributed by atoms with van der Waals surface area (Å²) in [6.45, 7) is 0. The van der Waals surface area contributed by atoms with Gasteiger partial charge in [0.2, 0.25) is 10.0 Å². The molecule has 3 N–H and O–H groups in total. The van der Waals surface area contributed by atoms with Gasteiger partial charge in [-0.15, -0.1) is 0 Å². The van der Waals surface area contributed by atoms with E-state index in [-0.39, 0.29) is 21.3 Å². The Hall–Kier alpha value is -3.23. The molecule has 0 aliphatic carbocycles. The number of halogens is 3. The SMILES string of the molecule is NS(=O)(=O)c1ccc(NS(=O)(=O)c2cccc(/C=C/c3noc(C(F)(F)F)n3)c2)cc1. The quantitative estimate of drug-likeness (QED) is 0.559. The highest BCUT2D eigenvalue weighted by atomic mass is 32.2. The lowest BCUT2D eigenvalue weighted by molar-refractivity contribution is -0.159. The zero-order chi connectivity index (χ0) is 22.9. The molecular formula is C17H13F3N4O5S2. The summed E-state index contributed by atoms with van der Waals surface area (Å²) in [6, 6.07) is 10.3. The zero-order valence-electron chi connectivity index (χ0n) is 15.2. The van der Waals surface area contributed by atoms with E-state index in [4.69, 9.17) is 5.14 Å². The van der Waals surface area contributed by atoms with Crippen molar-refractivity contribution >= 4 is 37.9 Å². The highest BCUT2D eigenvalue weighted by Gasteiger charge is 2.38. The van der Waals surface area contributed by atoms with Gasteiger partial charge in [0.15, 0.2) is 5.82 Å². The van der Waals surface area contributed by atoms with Gasteiger partial charge in [0.25, 0.3) is 10.0 Å². The third-order valence-electron chi connectivity index (χ3n) is 3.71. The fraction of sp³-hybridized carbons (Fsp3) is 0.0588. The minimum Gasteiger partial charge on any atom is -0.329 e. The number of anilines is 1. The van der Waals surface area contributed by atoms with Crippen molar-refractivity contribution in [2.45, 2.75) is 16.0 Å². The van der Waals surface area contributed by atoms with Crippen LogP contribution in [0.15, 0.2) is 62.8 Å². The molecule has 0 atom stereocenters. The van der Waals surface area contributed by atoms with Crippen molar-refractivity contribution in [3.63, 3.8) is 0 Å². The molecule has 0 bridgehead atoms. The molecule has 3 aromatic rings. The number of nitrogens with two attached hydrogens (primary N) is 1. The number of nitrogens with zero attached hydrogens (tertiary/aromatic N) is 2. The average molecular weight is 474 g/mol. The summed E-state index contributed by atoms with van der Waals surface area (Å²) in [6.07, 6.45) is -2.33. The molecule has 0 aliphatic heterocycles. The van der Waals surface area contributed by atoms with Gasteiger partial charge < -0.3 is 4.52 Å². The second-order valence-electron chi connectivity index (χ2n) is 6.04. The van der Waals surface area contributed by atoms with Crippen molar-refractivity contribution in [1.82, 2.24) is 10.1 Å². The van der Waals surface area contributed by atoms with E-state index in [1.54, 1.807) is 0 Å². The fourth-order valence-corrected chi connectivity index (χ4v) is 3.93. The molecule has 0 radical (unpaired) electrons. The van der Waals surface area contributed by atoms with E-state index in [9.17, 15) is 30.0 Å². The van der Waals surface area contributed by atoms with Crippen LogP contribution in [-0.4, -0.2) is 27.0 Å². The first-order valence-corrected chi connectivity index (χ1v) is 11.2. The van der Waals surface area contributed by atoms with Gasteiger partial charge in [-0.1, -0.05) is 23.4 Å². The van der Waals surface area contributed by atoms with Crippen molar-refractivity contribution in [2.24, 2.45) is 5.14 Å². The molecule has 0 spiro atoms. The number of primary sulfonamides is 1. The molecular weight excluding hydrogens is 461 g/mol. The Bertz CT molecular complexity index is 1330. The Balaban J connectivity index is 1.79. The highest BCUT2D eigenvalue weighted by Crippen LogP contribution is 2.27. The molecule has 14 heteroatoms. The van der Waals surface area contributed by atoms with E-state index < -0.39 is 32.1 Å². The molecule has 0 amide bonds. The summed E-state index contributed by atoms with van der Waals surface area (Å²) in [5.74, 6) is -1.84. The van der Waals surface area contributed by atoms with Gasteiger partial charge in [0.1, 0.15) is 0 Å². The predicted molar refractivity (Wildman–Crippen MR) is 103 cm³/mol. The standard InChI is InChI=1S/C17H13F3N4O5S2/c18-17(19,20)16-22-15(23-29-16)9-4-11-2-1-3-14(10-11)31(27,28)24-12-5-7-13(8-6-12)30(21,25)26/h1-10,24H,(H2,21,25,26)/b9-4+. The van der Waals surface area contributed by atoms with Gasteiger partial charge in [-0.3, -0.25) is 4.72 Å². The molecule has 0 saturated carbocycles. The third kappa shape index (κ3) is 5.68. The lowest BCUT2D eigenvalue weighted by Gasteiger charge is -2.09. The number of alkyl halides is 3. The largest absolute Gasteiger partial charge is 0.471 e. The first kappa shape index (κ1) is 22.5. The normalized spacial score (nSPS) is 12.9. The van der Waals surface area contributed by atoms with Crippen molar-refractivity contribution < 1.29 is 34.5 Å². The van der Waals surface area contributed by atoms with E-state index in [0.29, 0.717) is 5.56 Å². The Labute approximate surface area is 174 Å². The molecule has 31 heavy (non-hydrogen) atoms. The topological polar surface area (TPSA) is 145 Å². The van der Waals surface area contributed by atoms with Crippen molar-refractivity contribution in [3.8, 4) is 0 Å². The second-order valence-corrected chi connectivity index (χ2v) is 9.28. The van der Waals surface area contributed by atoms with Gasteiger partial charge in [0, 0.05) is 5.69 Å². The van der Waals surface area contributed by atoms with Crippen LogP contribution in [0.1, 0.15) is 17.3 Å². The van der Waals surface area contributed by atoms with E-state index in [1.165, 1.54) is 42.5 Å². The van der Waals surface area contributed by atoms with Gasteiger partial charge in [-0.2, -0.15) is 18.2 Å². The Morgan fingerprint density at radius 3 is 2.23 bits per heavy atom. The monoisotopic (exact) mass is 474 g/mol. The summed E-state index contributed by atoms with van der Waals surface area (Å²) in [4.78, 5) is 2.85. The summed E-state index contributed by atoms with van der Waals surface area (Å²) in [5.41, 5.74) is 0.436. The predicted octanol–water partition coefficient (Wildman–Crippen LogP) is 2.71. The van der Waals surface area contributed by atoms with E-state index >= 15 is 0 Å². The minimum atomic E-state index is -4.77. The molecule has 9 nitrogen and oxygen atoms in total. The fourth-order valence-electron chi connectivity index (χ4n) is 2.30. The maximum Gasteiger partial charge on any atom is 0.471 e. The van der Waals surface area contributed by atoms with Crippen molar-refractivity contribution in [1.29, 1.82) is 0 Å². The van der Waals surface area contributed by atoms with Crippen LogP contribution in [0.4, 0.5) is 18.9 Å². The number of rotatable bonds is 6. The van der Waals surface area contributed by atoms with Gasteiger partial charge >= 0.3 is 12.1 Å². The number of hydrogen-bond donors (Lipinski definition) is 2. The van der Waals surface area contributed by atoms with Gasteiger partial charge in [-0.25, -0.2) is 22.0 Å². The summed E-state index contributed by atoms with van der Waals surface area (Å²) in [7, 11) is -7.97. The third-order valence-corrected chi connectivity index (χ3v) is 6.02. The van der Waals surface area contributed by atoms with Crippen LogP contribution in [0.2, 0.25) is 0 Å². The minimum absolute atomic E-state index is 0.0971. The maximum atomic E-state index is 12.6. The number of sulfonamides is 2. The van der Waals surface area contributed by atoms with Crippen LogP contribution in [0, 0.1) is 0 Å². The molecule has 2 aromatic carbocycles. The number of aromatic nitrogens is 2. The lowest BCUT2D eigenvalue weighted by Crippen LogP contribution is -2.14. The molecule has 1 aromatic heterocycles. The van der Waals surface area contributed by atoms with Crippen LogP contribution >= 0.6 is 0 Å². The van der Waals surface area contributed by atoms with E-state index in [2.05, 4.69) is 19.4 Å². The van der Waals surface area contributed by atoms with Crippen molar-refractivity contribution in [3.05, 3.63) is 65.8 Å². The smallest absolute Gasteiger partial charge is 0.329 e. The Morgan fingerprint density at radius 2 is 1.65 bits per heavy atom. The van der Waals surface area contributed by atoms with Crippen LogP contribution in [-0.2, 0) is 26.2 Å². The van der Waals surface area contributed by atoms with Crippen LogP contribution < -0.4 is 9.86 Å². The van der Waals surface area contributed by atoms with Crippen LogP contribution in [0.3, 0.4) is 0 Å². The van der Waals surface area contributed by atoms with E-state index in [0.717, 1.165) is 18.2 Å². The van der Waals surface area contributed by atoms with Gasteiger partial charge in [0.05, 0.1) is 9.79 Å². The first-order chi connectivity index (χ1) is 14.3. The second kappa shape index (κ2) is 8.13. The maximum absolute atomic E-state index is 12.6. The van der Waals surface area contributed by atoms with E-state index in [1.807, 2.05) is 0 Å². The van der Waals surface area contributed by atoms with Crippen molar-refractivity contribution in [2.75, 3.05) is 4.72 Å².